The van der Waals surface area contributed by atoms with Crippen LogP contribution in [-0.4, -0.2) is 33.6 Å². The molecule has 5 rings (SSSR count). The summed E-state index contributed by atoms with van der Waals surface area (Å²) in [6, 6.07) is 7.78. The number of nitrogens with one attached hydrogen (secondary N) is 1. The molecule has 0 saturated heterocycles. The lowest BCUT2D eigenvalue weighted by Crippen LogP contribution is -2.01. The zero-order valence-electron chi connectivity index (χ0n) is 16.1. The Morgan fingerprint density at radius 3 is 2.83 bits per heavy atom. The Bertz CT molecular complexity index is 1250. The second-order valence-electron chi connectivity index (χ2n) is 6.70. The number of fused-ring (bicyclic) bond motifs is 2. The van der Waals surface area contributed by atoms with Gasteiger partial charge in [-0.3, -0.25) is 4.98 Å². The summed E-state index contributed by atoms with van der Waals surface area (Å²) in [5.74, 6) is 1.96. The number of rotatable bonds is 5. The second-order valence-corrected chi connectivity index (χ2v) is 6.70. The zero-order chi connectivity index (χ0) is 19.8. The van der Waals surface area contributed by atoms with Crippen molar-refractivity contribution < 1.29 is 9.47 Å². The van der Waals surface area contributed by atoms with Crippen LogP contribution < -0.4 is 14.8 Å². The second kappa shape index (κ2) is 6.94. The van der Waals surface area contributed by atoms with Crippen molar-refractivity contribution in [3.8, 4) is 22.8 Å². The summed E-state index contributed by atoms with van der Waals surface area (Å²) in [5.41, 5.74) is 5.59. The van der Waals surface area contributed by atoms with Crippen LogP contribution in [0.4, 0.5) is 11.5 Å². The van der Waals surface area contributed by atoms with Crippen LogP contribution in [0.2, 0.25) is 0 Å². The van der Waals surface area contributed by atoms with E-state index in [0.29, 0.717) is 17.3 Å². The molecular weight excluding hydrogens is 366 g/mol. The molecule has 0 atom stereocenters. The molecular formula is C22H19N5O2. The van der Waals surface area contributed by atoms with Gasteiger partial charge in [0, 0.05) is 42.1 Å². The van der Waals surface area contributed by atoms with Gasteiger partial charge in [-0.25, -0.2) is 9.97 Å². The molecule has 0 fully saturated rings. The standard InChI is InChI=1S/C22H19N5O2/c1-28-19-7-6-16(11-20(19)29-2)25-21-22-23-8-9-27(22)13-18(26-21)15-10-14-4-3-5-17(14)24-12-15/h3,5-13H,4H2,1-2H3,(H,25,26). The number of imidazole rings is 1. The van der Waals surface area contributed by atoms with Crippen molar-refractivity contribution in [1.29, 1.82) is 0 Å². The predicted molar refractivity (Wildman–Crippen MR) is 112 cm³/mol. The maximum atomic E-state index is 5.40. The van der Waals surface area contributed by atoms with Gasteiger partial charge >= 0.3 is 0 Å². The zero-order valence-corrected chi connectivity index (χ0v) is 16.1. The van der Waals surface area contributed by atoms with Crippen LogP contribution in [0.15, 0.2) is 55.1 Å². The number of hydrogen-bond acceptors (Lipinski definition) is 6. The third kappa shape index (κ3) is 3.06. The normalized spacial score (nSPS) is 12.2. The quantitative estimate of drug-likeness (QED) is 0.557. The van der Waals surface area contributed by atoms with Gasteiger partial charge in [0.2, 0.25) is 0 Å². The summed E-state index contributed by atoms with van der Waals surface area (Å²) in [6.45, 7) is 0. The minimum atomic E-state index is 0.642. The topological polar surface area (TPSA) is 73.6 Å². The van der Waals surface area contributed by atoms with Gasteiger partial charge in [0.15, 0.2) is 23.0 Å². The van der Waals surface area contributed by atoms with Crippen molar-refractivity contribution >= 4 is 23.2 Å². The molecule has 0 unspecified atom stereocenters. The number of methoxy groups -OCH3 is 2. The van der Waals surface area contributed by atoms with Crippen molar-refractivity contribution in [3.05, 3.63) is 66.4 Å². The van der Waals surface area contributed by atoms with E-state index >= 15 is 0 Å². The first-order chi connectivity index (χ1) is 14.2. The molecule has 0 amide bonds. The maximum Gasteiger partial charge on any atom is 0.180 e. The molecule has 3 heterocycles. The van der Waals surface area contributed by atoms with E-state index in [9.17, 15) is 0 Å². The number of anilines is 2. The van der Waals surface area contributed by atoms with E-state index in [1.807, 2.05) is 41.2 Å². The van der Waals surface area contributed by atoms with Gasteiger partial charge in [-0.05, 0) is 36.3 Å². The third-order valence-corrected chi connectivity index (χ3v) is 4.93. The van der Waals surface area contributed by atoms with Crippen molar-refractivity contribution in [2.24, 2.45) is 0 Å². The summed E-state index contributed by atoms with van der Waals surface area (Å²) in [5, 5.41) is 3.36. The highest BCUT2D eigenvalue weighted by Gasteiger charge is 2.14. The summed E-state index contributed by atoms with van der Waals surface area (Å²) in [7, 11) is 3.23. The van der Waals surface area contributed by atoms with E-state index in [2.05, 4.69) is 33.5 Å². The Labute approximate surface area is 167 Å². The van der Waals surface area contributed by atoms with Gasteiger partial charge in [0.05, 0.1) is 25.6 Å². The number of hydrogen-bond donors (Lipinski definition) is 1. The molecule has 7 heteroatoms. The number of ether oxygens (including phenoxy) is 2. The Morgan fingerprint density at radius 2 is 1.97 bits per heavy atom. The average Bonchev–Trinajstić information content (AvgIpc) is 3.42. The van der Waals surface area contributed by atoms with Crippen LogP contribution in [0, 0.1) is 0 Å². The SMILES string of the molecule is COc1ccc(Nc2nc(-c3cnc4c(c3)CC=C4)cn3ccnc23)cc1OC. The Hall–Kier alpha value is -3.87. The molecule has 144 valence electrons. The summed E-state index contributed by atoms with van der Waals surface area (Å²) in [4.78, 5) is 13.8. The van der Waals surface area contributed by atoms with E-state index in [1.165, 1.54) is 5.56 Å². The van der Waals surface area contributed by atoms with Crippen molar-refractivity contribution in [2.75, 3.05) is 19.5 Å². The van der Waals surface area contributed by atoms with E-state index in [0.717, 1.165) is 34.7 Å². The lowest BCUT2D eigenvalue weighted by atomic mass is 10.1. The highest BCUT2D eigenvalue weighted by molar-refractivity contribution is 5.75. The predicted octanol–water partition coefficient (Wildman–Crippen LogP) is 4.12. The van der Waals surface area contributed by atoms with Crippen molar-refractivity contribution in [3.63, 3.8) is 0 Å². The molecule has 0 bridgehead atoms. The monoisotopic (exact) mass is 385 g/mol. The fourth-order valence-electron chi connectivity index (χ4n) is 3.48. The van der Waals surface area contributed by atoms with Crippen LogP contribution in [0.5, 0.6) is 11.5 Å². The van der Waals surface area contributed by atoms with E-state index in [-0.39, 0.29) is 0 Å². The van der Waals surface area contributed by atoms with Gasteiger partial charge in [-0.1, -0.05) is 6.08 Å². The lowest BCUT2D eigenvalue weighted by Gasteiger charge is -2.13. The van der Waals surface area contributed by atoms with Gasteiger partial charge in [0.25, 0.3) is 0 Å². The molecule has 0 aliphatic heterocycles. The van der Waals surface area contributed by atoms with Crippen LogP contribution in [-0.2, 0) is 6.42 Å². The number of nitrogens with zero attached hydrogens (tertiary/aromatic N) is 4. The molecule has 0 saturated carbocycles. The summed E-state index contributed by atoms with van der Waals surface area (Å²) >= 11 is 0. The molecule has 1 aromatic carbocycles. The van der Waals surface area contributed by atoms with Gasteiger partial charge in [-0.15, -0.1) is 0 Å². The number of aromatic nitrogens is 4. The molecule has 29 heavy (non-hydrogen) atoms. The largest absolute Gasteiger partial charge is 0.493 e. The molecule has 3 aromatic heterocycles. The molecule has 1 aliphatic rings. The van der Waals surface area contributed by atoms with Crippen molar-refractivity contribution in [1.82, 2.24) is 19.4 Å². The third-order valence-electron chi connectivity index (χ3n) is 4.93. The molecule has 0 radical (unpaired) electrons. The highest BCUT2D eigenvalue weighted by atomic mass is 16.5. The van der Waals surface area contributed by atoms with Crippen LogP contribution in [0.25, 0.3) is 23.0 Å². The number of benzene rings is 1. The van der Waals surface area contributed by atoms with Gasteiger partial charge in [0.1, 0.15) is 0 Å². The summed E-state index contributed by atoms with van der Waals surface area (Å²) < 4.78 is 12.7. The molecule has 4 aromatic rings. The van der Waals surface area contributed by atoms with Gasteiger partial charge < -0.3 is 19.2 Å². The molecule has 1 N–H and O–H groups in total. The van der Waals surface area contributed by atoms with E-state index < -0.39 is 0 Å². The average molecular weight is 385 g/mol. The molecule has 0 spiro atoms. The van der Waals surface area contributed by atoms with Gasteiger partial charge in [-0.2, -0.15) is 0 Å². The highest BCUT2D eigenvalue weighted by Crippen LogP contribution is 2.32. The number of allylic oxidation sites excluding steroid dienone is 1. The minimum absolute atomic E-state index is 0.642. The number of pyridine rings is 1. The Balaban J connectivity index is 1.56. The first-order valence-corrected chi connectivity index (χ1v) is 9.24. The summed E-state index contributed by atoms with van der Waals surface area (Å²) in [6.07, 6.45) is 12.6. The fourth-order valence-corrected chi connectivity index (χ4v) is 3.48. The van der Waals surface area contributed by atoms with Crippen LogP contribution in [0.3, 0.4) is 0 Å². The van der Waals surface area contributed by atoms with Crippen LogP contribution in [0.1, 0.15) is 11.3 Å². The minimum Gasteiger partial charge on any atom is -0.493 e. The van der Waals surface area contributed by atoms with Crippen molar-refractivity contribution in [2.45, 2.75) is 6.42 Å². The van der Waals surface area contributed by atoms with E-state index in [1.54, 1.807) is 20.4 Å². The Morgan fingerprint density at radius 1 is 1.07 bits per heavy atom. The first kappa shape index (κ1) is 17.2. The first-order valence-electron chi connectivity index (χ1n) is 9.24. The van der Waals surface area contributed by atoms with E-state index in [4.69, 9.17) is 14.5 Å². The van der Waals surface area contributed by atoms with Crippen LogP contribution >= 0.6 is 0 Å². The molecule has 1 aliphatic carbocycles. The lowest BCUT2D eigenvalue weighted by molar-refractivity contribution is 0.355. The maximum absolute atomic E-state index is 5.40. The fraction of sp³-hybridized carbons (Fsp3) is 0.136. The molecule has 7 nitrogen and oxygen atoms in total. The Kier molecular flexibility index (Phi) is 4.13. The smallest absolute Gasteiger partial charge is 0.180 e.